The lowest BCUT2D eigenvalue weighted by atomic mass is 10.1. The highest BCUT2D eigenvalue weighted by molar-refractivity contribution is 7.84. The van der Waals surface area contributed by atoms with E-state index in [-0.39, 0.29) is 0 Å². The number of benzene rings is 1. The largest absolute Gasteiger partial charge is 0.313 e. The fraction of sp³-hybridized carbons (Fsp3) is 0.538. The predicted molar refractivity (Wildman–Crippen MR) is 71.2 cm³/mol. The van der Waals surface area contributed by atoms with Crippen molar-refractivity contribution in [3.63, 3.8) is 0 Å². The normalized spacial score (nSPS) is 14.6. The summed E-state index contributed by atoms with van der Waals surface area (Å²) >= 11 is 0. The smallest absolute Gasteiger partial charge is 0.0360 e. The molecule has 0 heterocycles. The minimum atomic E-state index is -0.652. The maximum Gasteiger partial charge on any atom is 0.0360 e. The van der Waals surface area contributed by atoms with Crippen LogP contribution in [0.2, 0.25) is 0 Å². The van der Waals surface area contributed by atoms with Crippen LogP contribution in [0.4, 0.5) is 0 Å². The molecule has 0 radical (unpaired) electrons. The van der Waals surface area contributed by atoms with Gasteiger partial charge in [0.25, 0.3) is 0 Å². The van der Waals surface area contributed by atoms with Gasteiger partial charge in [-0.1, -0.05) is 37.3 Å². The zero-order valence-corrected chi connectivity index (χ0v) is 10.9. The highest BCUT2D eigenvalue weighted by atomic mass is 32.2. The first-order chi connectivity index (χ1) is 7.72. The lowest BCUT2D eigenvalue weighted by molar-refractivity contribution is 0.565. The van der Waals surface area contributed by atoms with Gasteiger partial charge in [0, 0.05) is 34.9 Å². The summed E-state index contributed by atoms with van der Waals surface area (Å²) in [6.45, 7) is 4.97. The maximum absolute atomic E-state index is 11.2. The quantitative estimate of drug-likeness (QED) is 0.788. The van der Waals surface area contributed by atoms with Crippen molar-refractivity contribution in [3.8, 4) is 0 Å². The first kappa shape index (κ1) is 13.4. The topological polar surface area (TPSA) is 29.1 Å². The summed E-state index contributed by atoms with van der Waals surface area (Å²) in [5.41, 5.74) is 1.35. The Bertz CT molecular complexity index is 313. The summed E-state index contributed by atoms with van der Waals surface area (Å²) < 4.78 is 11.2. The van der Waals surface area contributed by atoms with Crippen LogP contribution in [0.3, 0.4) is 0 Å². The maximum atomic E-state index is 11.2. The average molecular weight is 239 g/mol. The summed E-state index contributed by atoms with van der Waals surface area (Å²) in [4.78, 5) is 0. The second-order valence-corrected chi connectivity index (χ2v) is 5.84. The molecule has 0 aliphatic heterocycles. The first-order valence-corrected chi connectivity index (χ1v) is 7.33. The molecule has 0 aliphatic carbocycles. The fourth-order valence-corrected chi connectivity index (χ4v) is 2.24. The monoisotopic (exact) mass is 239 g/mol. The second kappa shape index (κ2) is 7.58. The van der Waals surface area contributed by atoms with Crippen molar-refractivity contribution in [1.82, 2.24) is 5.32 Å². The van der Waals surface area contributed by atoms with Gasteiger partial charge in [-0.3, -0.25) is 4.21 Å². The van der Waals surface area contributed by atoms with Gasteiger partial charge in [0.1, 0.15) is 0 Å². The fourth-order valence-electron chi connectivity index (χ4n) is 1.60. The van der Waals surface area contributed by atoms with Crippen LogP contribution in [0.5, 0.6) is 0 Å². The SMILES string of the molecule is CCS(=O)CCNC(C)Cc1ccccc1. The van der Waals surface area contributed by atoms with E-state index in [0.717, 1.165) is 24.5 Å². The molecule has 0 aromatic heterocycles. The third-order valence-corrected chi connectivity index (χ3v) is 3.83. The molecule has 1 aromatic carbocycles. The summed E-state index contributed by atoms with van der Waals surface area (Å²) in [6, 6.07) is 10.9. The molecule has 2 unspecified atom stereocenters. The van der Waals surface area contributed by atoms with E-state index in [9.17, 15) is 4.21 Å². The van der Waals surface area contributed by atoms with E-state index < -0.39 is 10.8 Å². The Morgan fingerprint density at radius 2 is 2.00 bits per heavy atom. The van der Waals surface area contributed by atoms with Crippen molar-refractivity contribution in [2.45, 2.75) is 26.3 Å². The van der Waals surface area contributed by atoms with Crippen LogP contribution in [0.1, 0.15) is 19.4 Å². The number of nitrogens with one attached hydrogen (secondary N) is 1. The molecule has 1 N–H and O–H groups in total. The van der Waals surface area contributed by atoms with Crippen LogP contribution in [0.15, 0.2) is 30.3 Å². The van der Waals surface area contributed by atoms with E-state index in [4.69, 9.17) is 0 Å². The van der Waals surface area contributed by atoms with Gasteiger partial charge in [0.15, 0.2) is 0 Å². The van der Waals surface area contributed by atoms with Gasteiger partial charge >= 0.3 is 0 Å². The molecular weight excluding hydrogens is 218 g/mol. The second-order valence-electron chi connectivity index (χ2n) is 3.98. The third-order valence-electron chi connectivity index (χ3n) is 2.53. The van der Waals surface area contributed by atoms with E-state index in [1.54, 1.807) is 0 Å². The minimum absolute atomic E-state index is 0.441. The van der Waals surface area contributed by atoms with Gasteiger partial charge in [-0.05, 0) is 18.9 Å². The lowest BCUT2D eigenvalue weighted by Crippen LogP contribution is -2.31. The highest BCUT2D eigenvalue weighted by Gasteiger charge is 2.03. The van der Waals surface area contributed by atoms with E-state index in [1.165, 1.54) is 5.56 Å². The predicted octanol–water partition coefficient (Wildman–Crippen LogP) is 1.98. The van der Waals surface area contributed by atoms with Crippen molar-refractivity contribution in [1.29, 1.82) is 0 Å². The third kappa shape index (κ3) is 5.42. The van der Waals surface area contributed by atoms with Crippen LogP contribution in [-0.4, -0.2) is 28.3 Å². The molecule has 2 nitrogen and oxygen atoms in total. The highest BCUT2D eigenvalue weighted by Crippen LogP contribution is 2.02. The lowest BCUT2D eigenvalue weighted by Gasteiger charge is -2.13. The van der Waals surface area contributed by atoms with Gasteiger partial charge in [-0.25, -0.2) is 0 Å². The number of hydrogen-bond acceptors (Lipinski definition) is 2. The van der Waals surface area contributed by atoms with Gasteiger partial charge in [0.2, 0.25) is 0 Å². The molecule has 0 aliphatic rings. The molecule has 3 heteroatoms. The Hall–Kier alpha value is -0.670. The van der Waals surface area contributed by atoms with Gasteiger partial charge in [-0.2, -0.15) is 0 Å². The van der Waals surface area contributed by atoms with Gasteiger partial charge in [0.05, 0.1) is 0 Å². The molecular formula is C13H21NOS. The van der Waals surface area contributed by atoms with Crippen LogP contribution in [-0.2, 0) is 17.2 Å². The molecule has 90 valence electrons. The first-order valence-electron chi connectivity index (χ1n) is 5.84. The summed E-state index contributed by atoms with van der Waals surface area (Å²) in [5.74, 6) is 1.52. The van der Waals surface area contributed by atoms with Crippen LogP contribution in [0, 0.1) is 0 Å². The molecule has 1 aromatic rings. The molecule has 0 saturated carbocycles. The molecule has 0 bridgehead atoms. The number of rotatable bonds is 7. The van der Waals surface area contributed by atoms with Crippen molar-refractivity contribution in [3.05, 3.63) is 35.9 Å². The summed E-state index contributed by atoms with van der Waals surface area (Å²) in [6.07, 6.45) is 1.03. The Morgan fingerprint density at radius 1 is 1.31 bits per heavy atom. The van der Waals surface area contributed by atoms with E-state index >= 15 is 0 Å². The van der Waals surface area contributed by atoms with Crippen LogP contribution in [0.25, 0.3) is 0 Å². The Labute approximate surface area is 101 Å². The van der Waals surface area contributed by atoms with E-state index in [1.807, 2.05) is 13.0 Å². The molecule has 2 atom stereocenters. The van der Waals surface area contributed by atoms with Crippen molar-refractivity contribution < 1.29 is 4.21 Å². The van der Waals surface area contributed by atoms with Crippen LogP contribution >= 0.6 is 0 Å². The van der Waals surface area contributed by atoms with E-state index in [2.05, 4.69) is 36.5 Å². The Kier molecular flexibility index (Phi) is 6.34. The molecule has 16 heavy (non-hydrogen) atoms. The van der Waals surface area contributed by atoms with E-state index in [0.29, 0.717) is 6.04 Å². The average Bonchev–Trinajstić information content (AvgIpc) is 2.30. The standard InChI is InChI=1S/C13H21NOS/c1-3-16(15)10-9-14-12(2)11-13-7-5-4-6-8-13/h4-8,12,14H,3,9-11H2,1-2H3. The summed E-state index contributed by atoms with van der Waals surface area (Å²) in [7, 11) is -0.652. The zero-order valence-electron chi connectivity index (χ0n) is 10.1. The molecule has 1 rings (SSSR count). The molecule has 0 fully saturated rings. The summed E-state index contributed by atoms with van der Waals surface area (Å²) in [5, 5.41) is 3.40. The van der Waals surface area contributed by atoms with Crippen molar-refractivity contribution >= 4 is 10.8 Å². The molecule has 0 spiro atoms. The Balaban J connectivity index is 2.21. The van der Waals surface area contributed by atoms with Gasteiger partial charge in [-0.15, -0.1) is 0 Å². The van der Waals surface area contributed by atoms with Crippen LogP contribution < -0.4 is 5.32 Å². The molecule has 0 amide bonds. The minimum Gasteiger partial charge on any atom is -0.313 e. The van der Waals surface area contributed by atoms with Gasteiger partial charge < -0.3 is 5.32 Å². The zero-order chi connectivity index (χ0) is 11.8. The molecule has 0 saturated heterocycles. The van der Waals surface area contributed by atoms with Crippen molar-refractivity contribution in [2.75, 3.05) is 18.1 Å². The Morgan fingerprint density at radius 3 is 2.62 bits per heavy atom. The number of hydrogen-bond donors (Lipinski definition) is 1. The van der Waals surface area contributed by atoms with Crippen molar-refractivity contribution in [2.24, 2.45) is 0 Å².